The van der Waals surface area contributed by atoms with E-state index in [4.69, 9.17) is 4.74 Å². The van der Waals surface area contributed by atoms with Crippen molar-refractivity contribution in [1.29, 1.82) is 0 Å². The standard InChI is InChI=1S/C15H20BrNO/c1-5-6-9-18-14-8-7-12(10-13(14)16)11-17-15(2,3)4/h7-8,10,17H,9,11H2,1-4H3. The molecule has 0 atom stereocenters. The maximum Gasteiger partial charge on any atom is 0.149 e. The van der Waals surface area contributed by atoms with Crippen molar-refractivity contribution in [3.8, 4) is 17.6 Å². The van der Waals surface area contributed by atoms with E-state index < -0.39 is 0 Å². The van der Waals surface area contributed by atoms with E-state index in [-0.39, 0.29) is 5.54 Å². The predicted octanol–water partition coefficient (Wildman–Crippen LogP) is 3.74. The monoisotopic (exact) mass is 309 g/mol. The van der Waals surface area contributed by atoms with E-state index >= 15 is 0 Å². The maximum absolute atomic E-state index is 5.54. The summed E-state index contributed by atoms with van der Waals surface area (Å²) < 4.78 is 6.50. The zero-order valence-corrected chi connectivity index (χ0v) is 13.0. The minimum absolute atomic E-state index is 0.123. The van der Waals surface area contributed by atoms with Gasteiger partial charge in [-0.05, 0) is 61.3 Å². The van der Waals surface area contributed by atoms with Gasteiger partial charge in [-0.2, -0.15) is 0 Å². The van der Waals surface area contributed by atoms with Crippen LogP contribution in [0, 0.1) is 11.8 Å². The molecule has 1 aromatic carbocycles. The average molecular weight is 310 g/mol. The molecule has 0 aromatic heterocycles. The van der Waals surface area contributed by atoms with Crippen LogP contribution in [0.15, 0.2) is 22.7 Å². The molecule has 1 rings (SSSR count). The summed E-state index contributed by atoms with van der Waals surface area (Å²) in [6.45, 7) is 9.54. The van der Waals surface area contributed by atoms with E-state index in [0.29, 0.717) is 6.61 Å². The third-order valence-corrected chi connectivity index (χ3v) is 2.92. The Labute approximate surface area is 118 Å². The molecule has 0 aliphatic heterocycles. The van der Waals surface area contributed by atoms with Crippen LogP contribution >= 0.6 is 15.9 Å². The quantitative estimate of drug-likeness (QED) is 0.856. The molecule has 0 saturated heterocycles. The zero-order valence-electron chi connectivity index (χ0n) is 11.4. The molecule has 0 bridgehead atoms. The normalized spacial score (nSPS) is 10.7. The lowest BCUT2D eigenvalue weighted by Gasteiger charge is -2.20. The number of nitrogens with one attached hydrogen (secondary N) is 1. The summed E-state index contributed by atoms with van der Waals surface area (Å²) in [4.78, 5) is 0. The molecule has 18 heavy (non-hydrogen) atoms. The predicted molar refractivity (Wildman–Crippen MR) is 79.7 cm³/mol. The van der Waals surface area contributed by atoms with Gasteiger partial charge in [0.1, 0.15) is 12.4 Å². The fraction of sp³-hybridized carbons (Fsp3) is 0.467. The molecule has 0 radical (unpaired) electrons. The van der Waals surface area contributed by atoms with E-state index in [0.717, 1.165) is 16.8 Å². The van der Waals surface area contributed by atoms with Crippen molar-refractivity contribution in [2.24, 2.45) is 0 Å². The summed E-state index contributed by atoms with van der Waals surface area (Å²) in [5.41, 5.74) is 1.35. The fourth-order valence-corrected chi connectivity index (χ4v) is 1.87. The van der Waals surface area contributed by atoms with Gasteiger partial charge in [0.2, 0.25) is 0 Å². The van der Waals surface area contributed by atoms with Gasteiger partial charge in [-0.1, -0.05) is 12.0 Å². The number of benzene rings is 1. The molecular formula is C15H20BrNO. The fourth-order valence-electron chi connectivity index (χ4n) is 1.32. The second-order valence-corrected chi connectivity index (χ2v) is 5.94. The van der Waals surface area contributed by atoms with Gasteiger partial charge in [-0.25, -0.2) is 0 Å². The van der Waals surface area contributed by atoms with Gasteiger partial charge in [-0.15, -0.1) is 5.92 Å². The van der Waals surface area contributed by atoms with E-state index in [1.165, 1.54) is 5.56 Å². The molecule has 3 heteroatoms. The molecule has 0 spiro atoms. The first-order chi connectivity index (χ1) is 8.42. The van der Waals surface area contributed by atoms with Crippen molar-refractivity contribution in [2.75, 3.05) is 6.61 Å². The van der Waals surface area contributed by atoms with Crippen LogP contribution in [0.4, 0.5) is 0 Å². The largest absolute Gasteiger partial charge is 0.480 e. The highest BCUT2D eigenvalue weighted by atomic mass is 79.9. The van der Waals surface area contributed by atoms with Crippen LogP contribution < -0.4 is 10.1 Å². The highest BCUT2D eigenvalue weighted by Crippen LogP contribution is 2.26. The lowest BCUT2D eigenvalue weighted by Crippen LogP contribution is -2.35. The number of hydrogen-bond acceptors (Lipinski definition) is 2. The SMILES string of the molecule is CC#CCOc1ccc(CNC(C)(C)C)cc1Br. The van der Waals surface area contributed by atoms with Crippen molar-refractivity contribution in [3.63, 3.8) is 0 Å². The molecule has 2 nitrogen and oxygen atoms in total. The van der Waals surface area contributed by atoms with Crippen LogP contribution in [0.1, 0.15) is 33.3 Å². The molecule has 0 heterocycles. The van der Waals surface area contributed by atoms with Crippen molar-refractivity contribution in [3.05, 3.63) is 28.2 Å². The second-order valence-electron chi connectivity index (χ2n) is 5.08. The Bertz CT molecular complexity index is 452. The number of halogens is 1. The van der Waals surface area contributed by atoms with Crippen molar-refractivity contribution in [1.82, 2.24) is 5.32 Å². The van der Waals surface area contributed by atoms with E-state index in [9.17, 15) is 0 Å². The van der Waals surface area contributed by atoms with Crippen LogP contribution in [0.3, 0.4) is 0 Å². The molecule has 98 valence electrons. The van der Waals surface area contributed by atoms with Gasteiger partial charge in [0.25, 0.3) is 0 Å². The van der Waals surface area contributed by atoms with E-state index in [2.05, 4.69) is 66.0 Å². The third kappa shape index (κ3) is 5.57. The summed E-state index contributed by atoms with van der Waals surface area (Å²) in [5.74, 6) is 6.51. The first-order valence-corrected chi connectivity index (χ1v) is 6.77. The van der Waals surface area contributed by atoms with Gasteiger partial charge in [0.05, 0.1) is 4.47 Å². The van der Waals surface area contributed by atoms with E-state index in [1.54, 1.807) is 6.92 Å². The average Bonchev–Trinajstić information content (AvgIpc) is 2.28. The minimum atomic E-state index is 0.123. The molecule has 0 aliphatic carbocycles. The lowest BCUT2D eigenvalue weighted by atomic mass is 10.1. The van der Waals surface area contributed by atoms with Gasteiger partial charge in [0, 0.05) is 12.1 Å². The Morgan fingerprint density at radius 3 is 2.61 bits per heavy atom. The maximum atomic E-state index is 5.54. The Morgan fingerprint density at radius 1 is 1.33 bits per heavy atom. The summed E-state index contributed by atoms with van der Waals surface area (Å²) in [7, 11) is 0. The number of rotatable bonds is 4. The highest BCUT2D eigenvalue weighted by molar-refractivity contribution is 9.10. The lowest BCUT2D eigenvalue weighted by molar-refractivity contribution is 0.367. The Hall–Kier alpha value is -0.980. The number of hydrogen-bond donors (Lipinski definition) is 1. The smallest absolute Gasteiger partial charge is 0.149 e. The summed E-state index contributed by atoms with van der Waals surface area (Å²) in [6.07, 6.45) is 0. The van der Waals surface area contributed by atoms with Gasteiger partial charge in [0.15, 0.2) is 0 Å². The molecule has 0 amide bonds. The summed E-state index contributed by atoms with van der Waals surface area (Å²) >= 11 is 3.52. The Balaban J connectivity index is 2.63. The molecule has 1 aromatic rings. The van der Waals surface area contributed by atoms with Crippen LogP contribution in [0.5, 0.6) is 5.75 Å². The summed E-state index contributed by atoms with van der Waals surface area (Å²) in [6, 6.07) is 6.12. The molecule has 0 aliphatic rings. The highest BCUT2D eigenvalue weighted by Gasteiger charge is 2.09. The van der Waals surface area contributed by atoms with Gasteiger partial charge in [-0.3, -0.25) is 0 Å². The van der Waals surface area contributed by atoms with Crippen LogP contribution in [0.25, 0.3) is 0 Å². The van der Waals surface area contributed by atoms with Crippen molar-refractivity contribution < 1.29 is 4.74 Å². The van der Waals surface area contributed by atoms with Crippen molar-refractivity contribution >= 4 is 15.9 Å². The number of ether oxygens (including phenoxy) is 1. The van der Waals surface area contributed by atoms with Crippen LogP contribution in [0.2, 0.25) is 0 Å². The molecule has 1 N–H and O–H groups in total. The van der Waals surface area contributed by atoms with Gasteiger partial charge < -0.3 is 10.1 Å². The Kier molecular flexibility index (Phi) is 5.71. The van der Waals surface area contributed by atoms with Gasteiger partial charge >= 0.3 is 0 Å². The molecule has 0 saturated carbocycles. The molecule has 0 unspecified atom stereocenters. The first-order valence-electron chi connectivity index (χ1n) is 5.98. The molecule has 0 fully saturated rings. The minimum Gasteiger partial charge on any atom is -0.480 e. The second kappa shape index (κ2) is 6.82. The zero-order chi connectivity index (χ0) is 13.6. The Morgan fingerprint density at radius 2 is 2.06 bits per heavy atom. The van der Waals surface area contributed by atoms with Crippen LogP contribution in [-0.2, 0) is 6.54 Å². The molecular weight excluding hydrogens is 290 g/mol. The third-order valence-electron chi connectivity index (χ3n) is 2.30. The summed E-state index contributed by atoms with van der Waals surface area (Å²) in [5, 5.41) is 3.45. The first kappa shape index (κ1) is 15.1. The van der Waals surface area contributed by atoms with Crippen molar-refractivity contribution in [2.45, 2.75) is 39.8 Å². The topological polar surface area (TPSA) is 21.3 Å². The van der Waals surface area contributed by atoms with E-state index in [1.807, 2.05) is 6.07 Å². The van der Waals surface area contributed by atoms with Crippen LogP contribution in [-0.4, -0.2) is 12.1 Å².